The van der Waals surface area contributed by atoms with E-state index in [-0.39, 0.29) is 12.0 Å². The molecule has 0 atom stereocenters. The van der Waals surface area contributed by atoms with Gasteiger partial charge in [-0.15, -0.1) is 0 Å². The van der Waals surface area contributed by atoms with Crippen LogP contribution in [0.25, 0.3) is 0 Å². The lowest BCUT2D eigenvalue weighted by Gasteiger charge is -2.44. The highest BCUT2D eigenvalue weighted by Crippen LogP contribution is 2.26. The molecule has 3 heteroatoms. The van der Waals surface area contributed by atoms with Gasteiger partial charge in [-0.2, -0.15) is 0 Å². The summed E-state index contributed by atoms with van der Waals surface area (Å²) in [7, 11) is 0. The summed E-state index contributed by atoms with van der Waals surface area (Å²) in [6, 6.07) is 0. The Hall–Kier alpha value is -0.570. The van der Waals surface area contributed by atoms with Crippen molar-refractivity contribution in [1.29, 1.82) is 0 Å². The molecule has 1 saturated heterocycles. The largest absolute Gasteiger partial charge is 0.396 e. The molecule has 3 nitrogen and oxygen atoms in total. The topological polar surface area (TPSA) is 40.5 Å². The highest BCUT2D eigenvalue weighted by Gasteiger charge is 2.36. The van der Waals surface area contributed by atoms with Crippen LogP contribution in [0.3, 0.4) is 0 Å². The number of carbonyl (C=O) groups is 1. The zero-order chi connectivity index (χ0) is 6.91. The standard InChI is InChI=1S/C6H11NO2/c1-6(4-8)2-7(3-6)5-9/h5,8H,2-4H2,1H3. The normalized spacial score (nSPS) is 23.1. The summed E-state index contributed by atoms with van der Waals surface area (Å²) >= 11 is 0. The molecule has 1 aliphatic heterocycles. The van der Waals surface area contributed by atoms with Crippen LogP contribution in [0, 0.1) is 5.41 Å². The van der Waals surface area contributed by atoms with E-state index >= 15 is 0 Å². The van der Waals surface area contributed by atoms with Crippen molar-refractivity contribution < 1.29 is 9.90 Å². The second-order valence-electron chi connectivity index (χ2n) is 2.98. The molecule has 0 aromatic carbocycles. The van der Waals surface area contributed by atoms with Crippen LogP contribution in [-0.4, -0.2) is 36.1 Å². The third-order valence-corrected chi connectivity index (χ3v) is 1.70. The Morgan fingerprint density at radius 2 is 2.33 bits per heavy atom. The van der Waals surface area contributed by atoms with Crippen LogP contribution in [0.4, 0.5) is 0 Å². The summed E-state index contributed by atoms with van der Waals surface area (Å²) in [5, 5.41) is 8.72. The molecule has 1 rings (SSSR count). The van der Waals surface area contributed by atoms with Gasteiger partial charge in [0.2, 0.25) is 6.41 Å². The van der Waals surface area contributed by atoms with Crippen LogP contribution in [0.1, 0.15) is 6.92 Å². The van der Waals surface area contributed by atoms with E-state index in [4.69, 9.17) is 5.11 Å². The zero-order valence-corrected chi connectivity index (χ0v) is 5.50. The second kappa shape index (κ2) is 1.99. The van der Waals surface area contributed by atoms with Crippen molar-refractivity contribution in [1.82, 2.24) is 4.90 Å². The first-order valence-corrected chi connectivity index (χ1v) is 3.00. The van der Waals surface area contributed by atoms with Crippen molar-refractivity contribution >= 4 is 6.41 Å². The van der Waals surface area contributed by atoms with Gasteiger partial charge in [0.15, 0.2) is 0 Å². The van der Waals surface area contributed by atoms with Gasteiger partial charge in [-0.1, -0.05) is 6.92 Å². The summed E-state index contributed by atoms with van der Waals surface area (Å²) < 4.78 is 0. The van der Waals surface area contributed by atoms with Crippen molar-refractivity contribution in [3.63, 3.8) is 0 Å². The molecule has 9 heavy (non-hydrogen) atoms. The fraction of sp³-hybridized carbons (Fsp3) is 0.833. The zero-order valence-electron chi connectivity index (χ0n) is 5.50. The van der Waals surface area contributed by atoms with Gasteiger partial charge in [-0.3, -0.25) is 4.79 Å². The Kier molecular flexibility index (Phi) is 1.45. The summed E-state index contributed by atoms with van der Waals surface area (Å²) in [4.78, 5) is 11.7. The molecule has 0 unspecified atom stereocenters. The minimum Gasteiger partial charge on any atom is -0.396 e. The summed E-state index contributed by atoms with van der Waals surface area (Å²) in [5.74, 6) is 0. The number of likely N-dealkylation sites (tertiary alicyclic amines) is 1. The van der Waals surface area contributed by atoms with E-state index in [9.17, 15) is 4.79 Å². The molecule has 1 heterocycles. The third kappa shape index (κ3) is 1.05. The monoisotopic (exact) mass is 129 g/mol. The Balaban J connectivity index is 2.32. The fourth-order valence-corrected chi connectivity index (χ4v) is 1.11. The van der Waals surface area contributed by atoms with Crippen LogP contribution in [0.15, 0.2) is 0 Å². The van der Waals surface area contributed by atoms with Crippen molar-refractivity contribution in [3.8, 4) is 0 Å². The molecule has 0 spiro atoms. The second-order valence-corrected chi connectivity index (χ2v) is 2.98. The molecule has 0 aromatic heterocycles. The SMILES string of the molecule is CC1(CO)CN(C=O)C1. The minimum absolute atomic E-state index is 0.0130. The van der Waals surface area contributed by atoms with Crippen LogP contribution in [0.2, 0.25) is 0 Å². The van der Waals surface area contributed by atoms with Gasteiger partial charge in [-0.25, -0.2) is 0 Å². The Morgan fingerprint density at radius 1 is 1.78 bits per heavy atom. The molecule has 0 radical (unpaired) electrons. The average Bonchev–Trinajstić information content (AvgIpc) is 1.81. The fourth-order valence-electron chi connectivity index (χ4n) is 1.11. The first-order chi connectivity index (χ1) is 4.20. The van der Waals surface area contributed by atoms with Gasteiger partial charge in [0.05, 0.1) is 6.61 Å². The predicted molar refractivity (Wildman–Crippen MR) is 32.8 cm³/mol. The van der Waals surface area contributed by atoms with Gasteiger partial charge in [0, 0.05) is 18.5 Å². The van der Waals surface area contributed by atoms with E-state index in [0.29, 0.717) is 13.1 Å². The lowest BCUT2D eigenvalue weighted by atomic mass is 9.84. The Morgan fingerprint density at radius 3 is 2.67 bits per heavy atom. The summed E-state index contributed by atoms with van der Waals surface area (Å²) in [5.41, 5.74) is -0.0130. The van der Waals surface area contributed by atoms with Crippen molar-refractivity contribution in [3.05, 3.63) is 0 Å². The summed E-state index contributed by atoms with van der Waals surface area (Å²) in [6.45, 7) is 3.55. The van der Waals surface area contributed by atoms with Gasteiger partial charge >= 0.3 is 0 Å². The maximum atomic E-state index is 10.0. The first kappa shape index (κ1) is 6.55. The third-order valence-electron chi connectivity index (χ3n) is 1.70. The van der Waals surface area contributed by atoms with E-state index in [0.717, 1.165) is 6.41 Å². The van der Waals surface area contributed by atoms with Gasteiger partial charge < -0.3 is 10.0 Å². The number of aliphatic hydroxyl groups is 1. The van der Waals surface area contributed by atoms with Crippen LogP contribution in [0.5, 0.6) is 0 Å². The smallest absolute Gasteiger partial charge is 0.209 e. The molecule has 0 bridgehead atoms. The van der Waals surface area contributed by atoms with E-state index in [2.05, 4.69) is 0 Å². The number of aliphatic hydroxyl groups excluding tert-OH is 1. The number of hydrogen-bond donors (Lipinski definition) is 1. The number of rotatable bonds is 2. The van der Waals surface area contributed by atoms with Gasteiger partial charge in [0.1, 0.15) is 0 Å². The molecule has 0 aromatic rings. The Labute approximate surface area is 54.3 Å². The molecule has 1 N–H and O–H groups in total. The predicted octanol–water partition coefficient (Wildman–Crippen LogP) is -0.543. The van der Waals surface area contributed by atoms with E-state index in [1.807, 2.05) is 6.92 Å². The van der Waals surface area contributed by atoms with Crippen molar-refractivity contribution in [2.45, 2.75) is 6.92 Å². The van der Waals surface area contributed by atoms with E-state index in [1.54, 1.807) is 4.90 Å². The molecule has 0 aliphatic carbocycles. The minimum atomic E-state index is -0.0130. The van der Waals surface area contributed by atoms with Crippen molar-refractivity contribution in [2.24, 2.45) is 5.41 Å². The lowest BCUT2D eigenvalue weighted by molar-refractivity contribution is -0.130. The average molecular weight is 129 g/mol. The molecular weight excluding hydrogens is 118 g/mol. The quantitative estimate of drug-likeness (QED) is 0.508. The molecule has 0 saturated carbocycles. The maximum absolute atomic E-state index is 10.0. The number of hydrogen-bond acceptors (Lipinski definition) is 2. The first-order valence-electron chi connectivity index (χ1n) is 3.00. The number of amides is 1. The number of carbonyl (C=O) groups excluding carboxylic acids is 1. The van der Waals surface area contributed by atoms with Gasteiger partial charge in [-0.05, 0) is 0 Å². The van der Waals surface area contributed by atoms with Crippen LogP contribution >= 0.6 is 0 Å². The molecule has 1 fully saturated rings. The number of nitrogens with zero attached hydrogens (tertiary/aromatic N) is 1. The Bertz CT molecular complexity index is 118. The molecule has 52 valence electrons. The molecular formula is C6H11NO2. The van der Waals surface area contributed by atoms with Gasteiger partial charge in [0.25, 0.3) is 0 Å². The summed E-state index contributed by atoms with van der Waals surface area (Å²) in [6.07, 6.45) is 0.817. The molecule has 1 aliphatic rings. The highest BCUT2D eigenvalue weighted by atomic mass is 16.3. The lowest BCUT2D eigenvalue weighted by Crippen LogP contribution is -2.55. The molecule has 1 amide bonds. The highest BCUT2D eigenvalue weighted by molar-refractivity contribution is 5.49. The van der Waals surface area contributed by atoms with E-state index in [1.165, 1.54) is 0 Å². The van der Waals surface area contributed by atoms with Crippen LogP contribution < -0.4 is 0 Å². The van der Waals surface area contributed by atoms with E-state index < -0.39 is 0 Å². The van der Waals surface area contributed by atoms with Crippen molar-refractivity contribution in [2.75, 3.05) is 19.7 Å². The van der Waals surface area contributed by atoms with Crippen LogP contribution in [-0.2, 0) is 4.79 Å². The maximum Gasteiger partial charge on any atom is 0.209 e.